The number of phenols is 1. The van der Waals surface area contributed by atoms with Gasteiger partial charge in [0.05, 0.1) is 6.61 Å². The lowest BCUT2D eigenvalue weighted by Crippen LogP contribution is -2.35. The highest BCUT2D eigenvalue weighted by Crippen LogP contribution is 2.26. The van der Waals surface area contributed by atoms with Gasteiger partial charge in [0.25, 0.3) is 0 Å². The molecule has 1 aromatic carbocycles. The van der Waals surface area contributed by atoms with Crippen molar-refractivity contribution in [3.8, 4) is 11.5 Å². The molecule has 3 nitrogen and oxygen atoms in total. The third-order valence-corrected chi connectivity index (χ3v) is 2.15. The molecule has 0 bridgehead atoms. The minimum absolute atomic E-state index is 0.0870. The highest BCUT2D eigenvalue weighted by molar-refractivity contribution is 5.41. The third kappa shape index (κ3) is 4.11. The maximum Gasteiger partial charge on any atom is 0.161 e. The average Bonchev–Trinajstić information content (AvgIpc) is 2.18. The van der Waals surface area contributed by atoms with Gasteiger partial charge in [0.2, 0.25) is 0 Å². The Kier molecular flexibility index (Phi) is 4.19. The van der Waals surface area contributed by atoms with E-state index in [4.69, 9.17) is 4.74 Å². The van der Waals surface area contributed by atoms with Crippen LogP contribution in [0.3, 0.4) is 0 Å². The number of nitrogens with one attached hydrogen (secondary N) is 1. The second-order valence-corrected chi connectivity index (χ2v) is 4.84. The first-order valence-electron chi connectivity index (χ1n) is 5.62. The molecule has 0 aliphatic carbocycles. The smallest absolute Gasteiger partial charge is 0.161 e. The molecule has 0 unspecified atom stereocenters. The van der Waals surface area contributed by atoms with Gasteiger partial charge in [0.15, 0.2) is 11.5 Å². The summed E-state index contributed by atoms with van der Waals surface area (Å²) in [5.74, 6) is 0.747. The Bertz CT molecular complexity index is 342. The van der Waals surface area contributed by atoms with Crippen molar-refractivity contribution in [2.75, 3.05) is 6.61 Å². The molecule has 2 N–H and O–H groups in total. The maximum absolute atomic E-state index is 9.55. The molecule has 0 heterocycles. The molecule has 0 aromatic heterocycles. The van der Waals surface area contributed by atoms with Crippen molar-refractivity contribution in [2.45, 2.75) is 39.8 Å². The van der Waals surface area contributed by atoms with E-state index in [0.29, 0.717) is 12.4 Å². The van der Waals surface area contributed by atoms with Crippen molar-refractivity contribution in [3.05, 3.63) is 23.8 Å². The van der Waals surface area contributed by atoms with Gasteiger partial charge in [0, 0.05) is 12.1 Å². The molecule has 3 heteroatoms. The number of aromatic hydroxyl groups is 1. The molecule has 1 rings (SSSR count). The van der Waals surface area contributed by atoms with Gasteiger partial charge in [-0.2, -0.15) is 0 Å². The van der Waals surface area contributed by atoms with Gasteiger partial charge in [-0.15, -0.1) is 0 Å². The Balaban J connectivity index is 2.71. The second-order valence-electron chi connectivity index (χ2n) is 4.84. The Morgan fingerprint density at radius 1 is 1.31 bits per heavy atom. The van der Waals surface area contributed by atoms with Gasteiger partial charge in [0.1, 0.15) is 0 Å². The van der Waals surface area contributed by atoms with E-state index in [1.165, 1.54) is 0 Å². The molecule has 0 saturated heterocycles. The number of benzene rings is 1. The highest BCUT2D eigenvalue weighted by atomic mass is 16.5. The summed E-state index contributed by atoms with van der Waals surface area (Å²) in [6.07, 6.45) is 0. The molecule has 0 fully saturated rings. The van der Waals surface area contributed by atoms with Crippen LogP contribution < -0.4 is 10.1 Å². The minimum atomic E-state index is 0.0870. The number of ether oxygens (including phenoxy) is 1. The quantitative estimate of drug-likeness (QED) is 0.824. The first-order chi connectivity index (χ1) is 7.42. The largest absolute Gasteiger partial charge is 0.504 e. The normalized spacial score (nSPS) is 11.5. The van der Waals surface area contributed by atoms with Crippen molar-refractivity contribution in [2.24, 2.45) is 0 Å². The van der Waals surface area contributed by atoms with Crippen LogP contribution in [-0.2, 0) is 6.54 Å². The monoisotopic (exact) mass is 223 g/mol. The zero-order valence-electron chi connectivity index (χ0n) is 10.5. The highest BCUT2D eigenvalue weighted by Gasteiger charge is 2.09. The molecule has 0 aliphatic rings. The van der Waals surface area contributed by atoms with Crippen molar-refractivity contribution in [1.82, 2.24) is 5.32 Å². The van der Waals surface area contributed by atoms with Crippen LogP contribution in [0.2, 0.25) is 0 Å². The van der Waals surface area contributed by atoms with E-state index in [2.05, 4.69) is 26.1 Å². The summed E-state index contributed by atoms with van der Waals surface area (Å²) >= 11 is 0. The molecule has 0 amide bonds. The van der Waals surface area contributed by atoms with E-state index in [9.17, 15) is 5.11 Å². The lowest BCUT2D eigenvalue weighted by atomic mass is 10.1. The van der Waals surface area contributed by atoms with Crippen LogP contribution in [0.25, 0.3) is 0 Å². The molecule has 1 aromatic rings. The molecule has 16 heavy (non-hydrogen) atoms. The number of hydrogen-bond donors (Lipinski definition) is 2. The van der Waals surface area contributed by atoms with Gasteiger partial charge < -0.3 is 15.2 Å². The van der Waals surface area contributed by atoms with E-state index in [0.717, 1.165) is 12.1 Å². The van der Waals surface area contributed by atoms with Crippen molar-refractivity contribution < 1.29 is 9.84 Å². The Morgan fingerprint density at radius 2 is 2.00 bits per heavy atom. The summed E-state index contributed by atoms with van der Waals surface area (Å²) in [6.45, 7) is 9.59. The molecule has 0 aliphatic heterocycles. The van der Waals surface area contributed by atoms with Crippen molar-refractivity contribution in [1.29, 1.82) is 0 Å². The Hall–Kier alpha value is -1.22. The summed E-state index contributed by atoms with van der Waals surface area (Å²) in [5, 5.41) is 12.9. The maximum atomic E-state index is 9.55. The van der Waals surface area contributed by atoms with Gasteiger partial charge in [-0.3, -0.25) is 0 Å². The average molecular weight is 223 g/mol. The Morgan fingerprint density at radius 3 is 2.56 bits per heavy atom. The Labute approximate surface area is 97.4 Å². The standard InChI is InChI=1S/C13H21NO2/c1-5-16-12-8-10(6-7-11(12)15)9-14-13(2,3)4/h6-8,14-15H,5,9H2,1-4H3. The predicted molar refractivity (Wildman–Crippen MR) is 65.9 cm³/mol. The predicted octanol–water partition coefficient (Wildman–Crippen LogP) is 2.68. The fourth-order valence-corrected chi connectivity index (χ4v) is 1.31. The summed E-state index contributed by atoms with van der Waals surface area (Å²) < 4.78 is 5.33. The number of hydrogen-bond acceptors (Lipinski definition) is 3. The van der Waals surface area contributed by atoms with Crippen LogP contribution in [0, 0.1) is 0 Å². The van der Waals surface area contributed by atoms with Gasteiger partial charge in [-0.05, 0) is 45.4 Å². The second kappa shape index (κ2) is 5.21. The number of phenolic OH excluding ortho intramolecular Hbond substituents is 1. The molecule has 0 spiro atoms. The zero-order valence-corrected chi connectivity index (χ0v) is 10.5. The molecule has 0 radical (unpaired) electrons. The van der Waals surface area contributed by atoms with Crippen LogP contribution in [0.4, 0.5) is 0 Å². The fourth-order valence-electron chi connectivity index (χ4n) is 1.31. The van der Waals surface area contributed by atoms with Crippen LogP contribution in [-0.4, -0.2) is 17.3 Å². The van der Waals surface area contributed by atoms with Crippen LogP contribution in [0.15, 0.2) is 18.2 Å². The SMILES string of the molecule is CCOc1cc(CNC(C)(C)C)ccc1O. The molecule has 0 atom stereocenters. The van der Waals surface area contributed by atoms with Crippen LogP contribution in [0.1, 0.15) is 33.3 Å². The van der Waals surface area contributed by atoms with Crippen molar-refractivity contribution >= 4 is 0 Å². The van der Waals surface area contributed by atoms with Crippen molar-refractivity contribution in [3.63, 3.8) is 0 Å². The van der Waals surface area contributed by atoms with E-state index >= 15 is 0 Å². The third-order valence-electron chi connectivity index (χ3n) is 2.15. The zero-order chi connectivity index (χ0) is 12.2. The first-order valence-corrected chi connectivity index (χ1v) is 5.62. The van der Waals surface area contributed by atoms with Gasteiger partial charge in [-0.1, -0.05) is 6.07 Å². The fraction of sp³-hybridized carbons (Fsp3) is 0.538. The van der Waals surface area contributed by atoms with Crippen LogP contribution >= 0.6 is 0 Å². The van der Waals surface area contributed by atoms with Gasteiger partial charge >= 0.3 is 0 Å². The van der Waals surface area contributed by atoms with Crippen LogP contribution in [0.5, 0.6) is 11.5 Å². The van der Waals surface area contributed by atoms with E-state index in [-0.39, 0.29) is 11.3 Å². The summed E-state index contributed by atoms with van der Waals surface area (Å²) in [4.78, 5) is 0. The van der Waals surface area contributed by atoms with E-state index in [1.54, 1.807) is 6.07 Å². The van der Waals surface area contributed by atoms with Gasteiger partial charge in [-0.25, -0.2) is 0 Å². The number of rotatable bonds is 4. The molecule has 0 saturated carbocycles. The molecular weight excluding hydrogens is 202 g/mol. The molecule has 90 valence electrons. The van der Waals surface area contributed by atoms with E-state index < -0.39 is 0 Å². The minimum Gasteiger partial charge on any atom is -0.504 e. The lowest BCUT2D eigenvalue weighted by molar-refractivity contribution is 0.317. The lowest BCUT2D eigenvalue weighted by Gasteiger charge is -2.20. The summed E-state index contributed by atoms with van der Waals surface area (Å²) in [6, 6.07) is 5.44. The van der Waals surface area contributed by atoms with E-state index in [1.807, 2.05) is 19.1 Å². The topological polar surface area (TPSA) is 41.5 Å². The summed E-state index contributed by atoms with van der Waals surface area (Å²) in [5.41, 5.74) is 1.19. The molecular formula is C13H21NO2. The first kappa shape index (κ1) is 12.8. The summed E-state index contributed by atoms with van der Waals surface area (Å²) in [7, 11) is 0.